The van der Waals surface area contributed by atoms with Crippen molar-refractivity contribution in [3.05, 3.63) is 255 Å². The first-order chi connectivity index (χ1) is 31.8. The van der Waals surface area contributed by atoms with Gasteiger partial charge in [-0.15, -0.1) is 0 Å². The number of pyridine rings is 1. The van der Waals surface area contributed by atoms with Crippen molar-refractivity contribution < 1.29 is 0 Å². The molecule has 0 unspecified atom stereocenters. The SMILES string of the molecule is c1ccc(-c2ccccc2-c2ccc(N(c3ccccc3)c3cccc(-c4ccc(-c5ccn6c(c5)c(-c5ccccc5)c5c7ccccc7c7ccccc7c56)cc4)c3)cc2)cc1. The van der Waals surface area contributed by atoms with Gasteiger partial charge in [-0.1, -0.05) is 200 Å². The van der Waals surface area contributed by atoms with E-state index in [-0.39, 0.29) is 0 Å². The lowest BCUT2D eigenvalue weighted by atomic mass is 9.93. The standard InChI is InChI=1S/C62H42N2/c1-4-17-45(18-5-1)53-25-10-11-26-54(53)46-35-37-51(38-36-46)64(50-22-8-3-9-23-50)52-24-16-21-48(41-52)43-31-33-44(34-32-43)49-39-40-63-59(42-49)60(47-19-6-2-7-20-47)61-57-29-14-12-27-55(57)56-28-13-15-30-58(56)62(61)63/h1-42H. The third-order valence-electron chi connectivity index (χ3n) is 12.8. The lowest BCUT2D eigenvalue weighted by Gasteiger charge is -2.26. The highest BCUT2D eigenvalue weighted by Gasteiger charge is 2.21. The first-order valence-electron chi connectivity index (χ1n) is 22.0. The molecule has 0 aliphatic carbocycles. The van der Waals surface area contributed by atoms with Gasteiger partial charge in [-0.2, -0.15) is 0 Å². The van der Waals surface area contributed by atoms with Crippen molar-refractivity contribution in [2.24, 2.45) is 0 Å². The third kappa shape index (κ3) is 6.44. The summed E-state index contributed by atoms with van der Waals surface area (Å²) in [5.41, 5.74) is 17.8. The Bertz CT molecular complexity index is 3630. The number of anilines is 3. The van der Waals surface area contributed by atoms with E-state index < -0.39 is 0 Å². The van der Waals surface area contributed by atoms with Crippen molar-refractivity contribution in [2.45, 2.75) is 0 Å². The first kappa shape index (κ1) is 37.3. The van der Waals surface area contributed by atoms with E-state index in [0.717, 1.165) is 22.6 Å². The molecule has 300 valence electrons. The summed E-state index contributed by atoms with van der Waals surface area (Å²) in [7, 11) is 0. The van der Waals surface area contributed by atoms with E-state index in [2.05, 4.69) is 264 Å². The first-order valence-corrected chi connectivity index (χ1v) is 22.0. The summed E-state index contributed by atoms with van der Waals surface area (Å²) in [5, 5.41) is 6.39. The molecule has 0 radical (unpaired) electrons. The van der Waals surface area contributed by atoms with Gasteiger partial charge >= 0.3 is 0 Å². The van der Waals surface area contributed by atoms with Crippen molar-refractivity contribution in [2.75, 3.05) is 4.90 Å². The van der Waals surface area contributed by atoms with Crippen LogP contribution >= 0.6 is 0 Å². The van der Waals surface area contributed by atoms with Crippen LogP contribution in [0.25, 0.3) is 93.6 Å². The molecule has 2 heteroatoms. The highest BCUT2D eigenvalue weighted by molar-refractivity contribution is 6.30. The fourth-order valence-electron chi connectivity index (χ4n) is 9.82. The molecule has 64 heavy (non-hydrogen) atoms. The van der Waals surface area contributed by atoms with Gasteiger partial charge in [0.05, 0.1) is 11.0 Å². The Morgan fingerprint density at radius 1 is 0.281 bits per heavy atom. The fraction of sp³-hybridized carbons (Fsp3) is 0. The van der Waals surface area contributed by atoms with Gasteiger partial charge in [0.25, 0.3) is 0 Å². The Balaban J connectivity index is 0.917. The van der Waals surface area contributed by atoms with Crippen molar-refractivity contribution in [3.63, 3.8) is 0 Å². The Hall–Kier alpha value is -8.46. The van der Waals surface area contributed by atoms with Crippen LogP contribution < -0.4 is 4.90 Å². The molecule has 0 saturated heterocycles. The molecular formula is C62H42N2. The van der Waals surface area contributed by atoms with Crippen LogP contribution in [0, 0.1) is 0 Å². The highest BCUT2D eigenvalue weighted by atomic mass is 15.1. The molecule has 0 saturated carbocycles. The Labute approximate surface area is 373 Å². The summed E-state index contributed by atoms with van der Waals surface area (Å²) in [6.45, 7) is 0. The van der Waals surface area contributed by atoms with Gasteiger partial charge in [-0.25, -0.2) is 0 Å². The number of hydrogen-bond acceptors (Lipinski definition) is 1. The van der Waals surface area contributed by atoms with Crippen LogP contribution in [0.5, 0.6) is 0 Å². The van der Waals surface area contributed by atoms with Crippen LogP contribution in [0.4, 0.5) is 17.1 Å². The molecule has 12 rings (SSSR count). The average Bonchev–Trinajstić information content (AvgIpc) is 3.73. The number of nitrogens with zero attached hydrogens (tertiary/aromatic N) is 2. The van der Waals surface area contributed by atoms with E-state index in [1.165, 1.54) is 88.0 Å². The molecule has 0 aliphatic heterocycles. The minimum Gasteiger partial charge on any atom is -0.315 e. The van der Waals surface area contributed by atoms with E-state index >= 15 is 0 Å². The van der Waals surface area contributed by atoms with Crippen LogP contribution in [0.3, 0.4) is 0 Å². The normalized spacial score (nSPS) is 11.4. The lowest BCUT2D eigenvalue weighted by molar-refractivity contribution is 1.26. The molecule has 12 aromatic rings. The van der Waals surface area contributed by atoms with Crippen LogP contribution in [0.1, 0.15) is 0 Å². The summed E-state index contributed by atoms with van der Waals surface area (Å²) < 4.78 is 2.41. The second-order valence-corrected chi connectivity index (χ2v) is 16.5. The predicted octanol–water partition coefficient (Wildman–Crippen LogP) is 17.2. The number of hydrogen-bond donors (Lipinski definition) is 0. The Morgan fingerprint density at radius 2 is 0.734 bits per heavy atom. The van der Waals surface area contributed by atoms with Gasteiger partial charge in [-0.05, 0) is 115 Å². The van der Waals surface area contributed by atoms with Gasteiger partial charge < -0.3 is 9.30 Å². The summed E-state index contributed by atoms with van der Waals surface area (Å²) >= 11 is 0. The second-order valence-electron chi connectivity index (χ2n) is 16.5. The third-order valence-corrected chi connectivity index (χ3v) is 12.8. The molecule has 0 fully saturated rings. The zero-order chi connectivity index (χ0) is 42.4. The van der Waals surface area contributed by atoms with Crippen LogP contribution in [-0.2, 0) is 0 Å². The molecule has 0 bridgehead atoms. The largest absolute Gasteiger partial charge is 0.315 e. The van der Waals surface area contributed by atoms with Crippen molar-refractivity contribution in [3.8, 4) is 55.6 Å². The van der Waals surface area contributed by atoms with Crippen LogP contribution in [-0.4, -0.2) is 4.40 Å². The molecule has 10 aromatic carbocycles. The quantitative estimate of drug-likeness (QED) is 0.139. The monoisotopic (exact) mass is 814 g/mol. The fourth-order valence-corrected chi connectivity index (χ4v) is 9.82. The number of aromatic nitrogens is 1. The second kappa shape index (κ2) is 15.8. The predicted molar refractivity (Wildman–Crippen MR) is 272 cm³/mol. The van der Waals surface area contributed by atoms with Crippen molar-refractivity contribution in [1.29, 1.82) is 0 Å². The number of fused-ring (bicyclic) bond motifs is 8. The zero-order valence-corrected chi connectivity index (χ0v) is 35.1. The summed E-state index contributed by atoms with van der Waals surface area (Å²) in [4.78, 5) is 2.35. The zero-order valence-electron chi connectivity index (χ0n) is 35.1. The van der Waals surface area contributed by atoms with E-state index in [1.807, 2.05) is 0 Å². The minimum absolute atomic E-state index is 1.10. The number of rotatable bonds is 8. The highest BCUT2D eigenvalue weighted by Crippen LogP contribution is 2.45. The molecule has 2 heterocycles. The number of para-hydroxylation sites is 1. The molecular weight excluding hydrogens is 773 g/mol. The molecule has 0 aliphatic rings. The molecule has 0 spiro atoms. The molecule has 2 nitrogen and oxygen atoms in total. The van der Waals surface area contributed by atoms with E-state index in [0.29, 0.717) is 0 Å². The van der Waals surface area contributed by atoms with Gasteiger partial charge in [0.1, 0.15) is 0 Å². The van der Waals surface area contributed by atoms with E-state index in [4.69, 9.17) is 0 Å². The summed E-state index contributed by atoms with van der Waals surface area (Å²) in [6.07, 6.45) is 2.27. The van der Waals surface area contributed by atoms with Gasteiger partial charge in [-0.3, -0.25) is 0 Å². The van der Waals surface area contributed by atoms with Crippen LogP contribution in [0.15, 0.2) is 255 Å². The molecule has 0 amide bonds. The van der Waals surface area contributed by atoms with Crippen molar-refractivity contribution in [1.82, 2.24) is 4.40 Å². The van der Waals surface area contributed by atoms with Gasteiger partial charge in [0.15, 0.2) is 0 Å². The summed E-state index contributed by atoms with van der Waals surface area (Å²) in [5.74, 6) is 0. The van der Waals surface area contributed by atoms with Gasteiger partial charge in [0, 0.05) is 39.6 Å². The maximum Gasteiger partial charge on any atom is 0.0620 e. The molecule has 0 atom stereocenters. The summed E-state index contributed by atoms with van der Waals surface area (Å²) in [6, 6.07) is 90.1. The average molecular weight is 815 g/mol. The van der Waals surface area contributed by atoms with E-state index in [1.54, 1.807) is 0 Å². The maximum absolute atomic E-state index is 2.41. The smallest absolute Gasteiger partial charge is 0.0620 e. The topological polar surface area (TPSA) is 7.65 Å². The Morgan fingerprint density at radius 3 is 1.39 bits per heavy atom. The van der Waals surface area contributed by atoms with Crippen molar-refractivity contribution >= 4 is 55.0 Å². The lowest BCUT2D eigenvalue weighted by Crippen LogP contribution is -2.09. The van der Waals surface area contributed by atoms with Gasteiger partial charge in [0.2, 0.25) is 0 Å². The number of benzene rings is 10. The molecule has 2 aromatic heterocycles. The van der Waals surface area contributed by atoms with E-state index in [9.17, 15) is 0 Å². The maximum atomic E-state index is 2.41. The minimum atomic E-state index is 1.10. The molecule has 0 N–H and O–H groups in total. The van der Waals surface area contributed by atoms with Crippen LogP contribution in [0.2, 0.25) is 0 Å². The Kier molecular flexibility index (Phi) is 9.20.